The molecule has 0 aliphatic carbocycles. The zero-order valence-electron chi connectivity index (χ0n) is 15.2. The van der Waals surface area contributed by atoms with Gasteiger partial charge in [-0.15, -0.1) is 0 Å². The second-order valence-electron chi connectivity index (χ2n) is 6.81. The molecule has 0 spiro atoms. The van der Waals surface area contributed by atoms with Gasteiger partial charge >= 0.3 is 5.69 Å². The summed E-state index contributed by atoms with van der Waals surface area (Å²) in [7, 11) is 0. The summed E-state index contributed by atoms with van der Waals surface area (Å²) < 4.78 is 5.63. The molecule has 0 N–H and O–H groups in total. The summed E-state index contributed by atoms with van der Waals surface area (Å²) in [6, 6.07) is 11.3. The van der Waals surface area contributed by atoms with Crippen LogP contribution in [0.25, 0.3) is 0 Å². The van der Waals surface area contributed by atoms with Gasteiger partial charge in [-0.3, -0.25) is 10.1 Å². The van der Waals surface area contributed by atoms with Crippen LogP contribution in [0.3, 0.4) is 0 Å². The molecule has 2 aromatic rings. The monoisotopic (exact) mass is 410 g/mol. The molecule has 0 aromatic heterocycles. The average molecular weight is 411 g/mol. The maximum absolute atomic E-state index is 11.1. The summed E-state index contributed by atoms with van der Waals surface area (Å²) in [5.74, 6) is 0.181. The van der Waals surface area contributed by atoms with Gasteiger partial charge in [0.1, 0.15) is 13.2 Å². The van der Waals surface area contributed by atoms with Crippen molar-refractivity contribution in [3.63, 3.8) is 0 Å². The molecule has 0 saturated heterocycles. The van der Waals surface area contributed by atoms with E-state index in [-0.39, 0.29) is 30.1 Å². The summed E-state index contributed by atoms with van der Waals surface area (Å²) in [5.41, 5.74) is 0.899. The van der Waals surface area contributed by atoms with E-state index in [4.69, 9.17) is 32.8 Å². The number of rotatable bonds is 7. The summed E-state index contributed by atoms with van der Waals surface area (Å²) in [6.07, 6.45) is 0. The lowest BCUT2D eigenvalue weighted by Gasteiger charge is -2.21. The molecular formula is C19H20Cl2N2O4. The van der Waals surface area contributed by atoms with Crippen LogP contribution in [0.2, 0.25) is 10.0 Å². The summed E-state index contributed by atoms with van der Waals surface area (Å²) in [6.45, 7) is 6.08. The van der Waals surface area contributed by atoms with Gasteiger partial charge in [-0.05, 0) is 18.2 Å². The van der Waals surface area contributed by atoms with E-state index >= 15 is 0 Å². The van der Waals surface area contributed by atoms with Crippen LogP contribution in [-0.4, -0.2) is 17.2 Å². The van der Waals surface area contributed by atoms with Crippen LogP contribution in [0.1, 0.15) is 26.3 Å². The molecular weight excluding hydrogens is 391 g/mol. The molecule has 0 heterocycles. The minimum Gasteiger partial charge on any atom is -0.480 e. The highest BCUT2D eigenvalue weighted by Crippen LogP contribution is 2.27. The first kappa shape index (κ1) is 21.0. The lowest BCUT2D eigenvalue weighted by Crippen LogP contribution is -2.27. The fourth-order valence-electron chi connectivity index (χ4n) is 2.07. The molecule has 6 nitrogen and oxygen atoms in total. The standard InChI is InChI=1S/C19H20Cl2N2O4/c1-19(2,3)18(12-26-17-7-5-4-6-16(17)23(24)25)22-27-11-13-8-9-14(20)10-15(13)21/h4-10H,11-12H2,1-3H3/b22-18+. The van der Waals surface area contributed by atoms with E-state index in [0.717, 1.165) is 5.56 Å². The Morgan fingerprint density at radius 1 is 1.19 bits per heavy atom. The van der Waals surface area contributed by atoms with Crippen molar-refractivity contribution >= 4 is 34.6 Å². The summed E-state index contributed by atoms with van der Waals surface area (Å²) in [5, 5.41) is 16.3. The van der Waals surface area contributed by atoms with Gasteiger partial charge in [-0.2, -0.15) is 0 Å². The minimum absolute atomic E-state index is 0.0582. The number of hydrogen-bond acceptors (Lipinski definition) is 5. The SMILES string of the molecule is CC(C)(C)/C(COc1ccccc1[N+](=O)[O-])=N/OCc1ccc(Cl)cc1Cl. The van der Waals surface area contributed by atoms with Gasteiger partial charge in [-0.25, -0.2) is 0 Å². The molecule has 2 rings (SSSR count). The Morgan fingerprint density at radius 2 is 1.89 bits per heavy atom. The molecule has 0 saturated carbocycles. The van der Waals surface area contributed by atoms with Gasteiger partial charge in [-0.1, -0.05) is 67.3 Å². The molecule has 0 bridgehead atoms. The van der Waals surface area contributed by atoms with Crippen molar-refractivity contribution in [2.45, 2.75) is 27.4 Å². The van der Waals surface area contributed by atoms with E-state index in [1.807, 2.05) is 20.8 Å². The highest BCUT2D eigenvalue weighted by molar-refractivity contribution is 6.35. The molecule has 0 fully saturated rings. The first-order valence-corrected chi connectivity index (χ1v) is 8.93. The highest BCUT2D eigenvalue weighted by Gasteiger charge is 2.22. The average Bonchev–Trinajstić information content (AvgIpc) is 2.58. The van der Waals surface area contributed by atoms with Gasteiger partial charge in [0.25, 0.3) is 0 Å². The van der Waals surface area contributed by atoms with Crippen LogP contribution >= 0.6 is 23.2 Å². The number of nitrogens with zero attached hydrogens (tertiary/aromatic N) is 2. The topological polar surface area (TPSA) is 74.0 Å². The van der Waals surface area contributed by atoms with Crippen molar-refractivity contribution in [3.05, 3.63) is 68.2 Å². The van der Waals surface area contributed by atoms with Gasteiger partial charge in [0.2, 0.25) is 0 Å². The number of oxime groups is 1. The molecule has 0 aliphatic heterocycles. The fourth-order valence-corrected chi connectivity index (χ4v) is 2.54. The maximum Gasteiger partial charge on any atom is 0.310 e. The molecule has 0 aliphatic rings. The summed E-state index contributed by atoms with van der Waals surface area (Å²) >= 11 is 12.0. The number of nitro benzene ring substituents is 1. The Hall–Kier alpha value is -2.31. The molecule has 144 valence electrons. The Morgan fingerprint density at radius 3 is 2.52 bits per heavy atom. The number of halogens is 2. The van der Waals surface area contributed by atoms with Crippen molar-refractivity contribution in [2.24, 2.45) is 10.6 Å². The second-order valence-corrected chi connectivity index (χ2v) is 7.65. The van der Waals surface area contributed by atoms with E-state index < -0.39 is 4.92 Å². The van der Waals surface area contributed by atoms with Crippen molar-refractivity contribution in [2.75, 3.05) is 6.61 Å². The molecule has 2 aromatic carbocycles. The predicted octanol–water partition coefficient (Wildman–Crippen LogP) is 5.90. The largest absolute Gasteiger partial charge is 0.480 e. The third kappa shape index (κ3) is 6.12. The van der Waals surface area contributed by atoms with Crippen molar-refractivity contribution in [3.8, 4) is 5.75 Å². The number of ether oxygens (including phenoxy) is 1. The van der Waals surface area contributed by atoms with Gasteiger partial charge < -0.3 is 9.57 Å². The van der Waals surface area contributed by atoms with Crippen LogP contribution in [-0.2, 0) is 11.4 Å². The molecule has 0 radical (unpaired) electrons. The quantitative estimate of drug-likeness (QED) is 0.323. The number of nitro groups is 1. The fraction of sp³-hybridized carbons (Fsp3) is 0.316. The smallest absolute Gasteiger partial charge is 0.310 e. The Kier molecular flexibility index (Phi) is 7.05. The highest BCUT2D eigenvalue weighted by atomic mass is 35.5. The lowest BCUT2D eigenvalue weighted by atomic mass is 9.90. The first-order valence-electron chi connectivity index (χ1n) is 8.18. The number of hydrogen-bond donors (Lipinski definition) is 0. The van der Waals surface area contributed by atoms with Crippen molar-refractivity contribution in [1.29, 1.82) is 0 Å². The third-order valence-electron chi connectivity index (χ3n) is 3.70. The lowest BCUT2D eigenvalue weighted by molar-refractivity contribution is -0.385. The number of para-hydroxylation sites is 2. The van der Waals surface area contributed by atoms with Crippen LogP contribution in [0.15, 0.2) is 47.6 Å². The maximum atomic E-state index is 11.1. The molecule has 0 atom stereocenters. The van der Waals surface area contributed by atoms with Crippen LogP contribution < -0.4 is 4.74 Å². The second kappa shape index (κ2) is 9.06. The van der Waals surface area contributed by atoms with Crippen LogP contribution in [0.4, 0.5) is 5.69 Å². The molecule has 0 amide bonds. The van der Waals surface area contributed by atoms with Gasteiger partial charge in [0, 0.05) is 27.1 Å². The van der Waals surface area contributed by atoms with E-state index in [1.54, 1.807) is 36.4 Å². The van der Waals surface area contributed by atoms with E-state index in [0.29, 0.717) is 15.8 Å². The Labute approximate surface area is 167 Å². The summed E-state index contributed by atoms with van der Waals surface area (Å²) in [4.78, 5) is 16.1. The molecule has 27 heavy (non-hydrogen) atoms. The van der Waals surface area contributed by atoms with Crippen LogP contribution in [0, 0.1) is 15.5 Å². The Balaban J connectivity index is 2.09. The van der Waals surface area contributed by atoms with E-state index in [2.05, 4.69) is 5.16 Å². The van der Waals surface area contributed by atoms with E-state index in [9.17, 15) is 10.1 Å². The molecule has 8 heteroatoms. The van der Waals surface area contributed by atoms with Crippen molar-refractivity contribution < 1.29 is 14.5 Å². The zero-order chi connectivity index (χ0) is 20.0. The van der Waals surface area contributed by atoms with Crippen LogP contribution in [0.5, 0.6) is 5.75 Å². The first-order chi connectivity index (χ1) is 12.7. The minimum atomic E-state index is -0.484. The zero-order valence-corrected chi connectivity index (χ0v) is 16.8. The molecule has 0 unspecified atom stereocenters. The van der Waals surface area contributed by atoms with Crippen molar-refractivity contribution in [1.82, 2.24) is 0 Å². The normalized spacial score (nSPS) is 12.0. The Bertz CT molecular complexity index is 848. The third-order valence-corrected chi connectivity index (χ3v) is 4.29. The van der Waals surface area contributed by atoms with Gasteiger partial charge in [0.05, 0.1) is 10.6 Å². The van der Waals surface area contributed by atoms with E-state index in [1.165, 1.54) is 6.07 Å². The predicted molar refractivity (Wildman–Crippen MR) is 107 cm³/mol. The number of benzene rings is 2. The van der Waals surface area contributed by atoms with Gasteiger partial charge in [0.15, 0.2) is 5.75 Å².